The number of aromatic nitrogens is 2. The van der Waals surface area contributed by atoms with Gasteiger partial charge in [-0.15, -0.1) is 8.78 Å². The number of hydrogen-bond donors (Lipinski definition) is 1. The zero-order valence-electron chi connectivity index (χ0n) is 12.4. The van der Waals surface area contributed by atoms with Crippen LogP contribution in [0.3, 0.4) is 0 Å². The fourth-order valence-electron chi connectivity index (χ4n) is 2.35. The van der Waals surface area contributed by atoms with Gasteiger partial charge in [-0.1, -0.05) is 6.07 Å². The molecule has 0 spiro atoms. The van der Waals surface area contributed by atoms with Gasteiger partial charge >= 0.3 is 12.3 Å². The van der Waals surface area contributed by atoms with Crippen LogP contribution in [0.15, 0.2) is 41.3 Å². The summed E-state index contributed by atoms with van der Waals surface area (Å²) in [6.45, 7) is 0.0230. The van der Waals surface area contributed by atoms with Crippen molar-refractivity contribution in [3.8, 4) is 11.5 Å². The first-order valence-electron chi connectivity index (χ1n) is 7.07. The van der Waals surface area contributed by atoms with Gasteiger partial charge in [0, 0.05) is 12.7 Å². The molecule has 25 heavy (non-hydrogen) atoms. The first kappa shape index (κ1) is 15.5. The molecule has 0 radical (unpaired) electrons. The summed E-state index contributed by atoms with van der Waals surface area (Å²) in [5, 5.41) is 2.91. The highest BCUT2D eigenvalue weighted by Crippen LogP contribution is 2.41. The first-order chi connectivity index (χ1) is 11.9. The lowest BCUT2D eigenvalue weighted by Gasteiger charge is -2.05. The molecule has 4 rings (SSSR count). The van der Waals surface area contributed by atoms with Crippen molar-refractivity contribution in [2.75, 3.05) is 0 Å². The molecule has 3 aromatic rings. The second-order valence-corrected chi connectivity index (χ2v) is 6.09. The standard InChI is InChI=1S/C15H9F2N3O4S/c16-15(17)23-10-4-3-8(6-11(10)24-15)7-19-14(22)20-13(21)9-2-1-5-18-12(9)25-20/h1-6H,7H2,(H,19,22). The minimum absolute atomic E-state index is 0.0230. The summed E-state index contributed by atoms with van der Waals surface area (Å²) in [6.07, 6.45) is -2.16. The smallest absolute Gasteiger partial charge is 0.395 e. The maximum atomic E-state index is 13.0. The van der Waals surface area contributed by atoms with Gasteiger partial charge in [0.2, 0.25) is 0 Å². The second-order valence-electron chi connectivity index (χ2n) is 5.15. The molecule has 2 aromatic heterocycles. The molecule has 0 atom stereocenters. The molecule has 0 saturated carbocycles. The maximum absolute atomic E-state index is 13.0. The summed E-state index contributed by atoms with van der Waals surface area (Å²) in [5.41, 5.74) is 0.0524. The van der Waals surface area contributed by atoms with Crippen LogP contribution >= 0.6 is 11.5 Å². The largest absolute Gasteiger partial charge is 0.586 e. The molecule has 1 N–H and O–H groups in total. The van der Waals surface area contributed by atoms with E-state index in [-0.39, 0.29) is 18.0 Å². The van der Waals surface area contributed by atoms with Gasteiger partial charge in [0.1, 0.15) is 4.83 Å². The second kappa shape index (κ2) is 5.52. The van der Waals surface area contributed by atoms with Gasteiger partial charge in [-0.05, 0) is 41.4 Å². The van der Waals surface area contributed by atoms with E-state index < -0.39 is 17.9 Å². The van der Waals surface area contributed by atoms with Crippen LogP contribution in [0, 0.1) is 0 Å². The van der Waals surface area contributed by atoms with E-state index in [1.807, 2.05) is 0 Å². The average Bonchev–Trinajstić information content (AvgIpc) is 3.08. The molecule has 7 nitrogen and oxygen atoms in total. The van der Waals surface area contributed by atoms with Crippen LogP contribution in [0.25, 0.3) is 10.2 Å². The molecule has 1 aliphatic heterocycles. The number of hydrogen-bond acceptors (Lipinski definition) is 6. The van der Waals surface area contributed by atoms with Crippen LogP contribution in [-0.4, -0.2) is 21.3 Å². The molecular formula is C15H9F2N3O4S. The number of nitrogens with one attached hydrogen (secondary N) is 1. The molecule has 128 valence electrons. The summed E-state index contributed by atoms with van der Waals surface area (Å²) in [5.74, 6) is -0.188. The van der Waals surface area contributed by atoms with Crippen molar-refractivity contribution in [2.45, 2.75) is 12.8 Å². The monoisotopic (exact) mass is 365 g/mol. The van der Waals surface area contributed by atoms with Crippen molar-refractivity contribution in [1.29, 1.82) is 0 Å². The number of amides is 1. The third-order valence-corrected chi connectivity index (χ3v) is 4.47. The number of pyridine rings is 1. The molecule has 0 bridgehead atoms. The molecule has 0 aliphatic carbocycles. The SMILES string of the molecule is O=C(NCc1ccc2c(c1)OC(F)(F)O2)n1sc2ncccc2c1=O. The van der Waals surface area contributed by atoms with Crippen LogP contribution in [0.5, 0.6) is 11.5 Å². The zero-order chi connectivity index (χ0) is 17.6. The zero-order valence-corrected chi connectivity index (χ0v) is 13.2. The van der Waals surface area contributed by atoms with Crippen LogP contribution in [0.4, 0.5) is 13.6 Å². The van der Waals surface area contributed by atoms with Gasteiger partial charge in [-0.3, -0.25) is 4.79 Å². The Hall–Kier alpha value is -3.01. The Morgan fingerprint density at radius 3 is 2.88 bits per heavy atom. The first-order valence-corrected chi connectivity index (χ1v) is 7.84. The van der Waals surface area contributed by atoms with Crippen LogP contribution in [-0.2, 0) is 6.54 Å². The third-order valence-electron chi connectivity index (χ3n) is 3.46. The minimum atomic E-state index is -3.69. The Bertz CT molecular complexity index is 1050. The summed E-state index contributed by atoms with van der Waals surface area (Å²) in [6, 6.07) is 6.75. The van der Waals surface area contributed by atoms with Crippen molar-refractivity contribution in [1.82, 2.24) is 14.3 Å². The van der Waals surface area contributed by atoms with Crippen molar-refractivity contribution in [3.63, 3.8) is 0 Å². The Balaban J connectivity index is 1.51. The molecule has 10 heteroatoms. The number of alkyl halides is 2. The minimum Gasteiger partial charge on any atom is -0.395 e. The Morgan fingerprint density at radius 2 is 2.08 bits per heavy atom. The summed E-state index contributed by atoms with van der Waals surface area (Å²) < 4.78 is 35.6. The number of carbonyl (C=O) groups excluding carboxylic acids is 1. The van der Waals surface area contributed by atoms with Crippen LogP contribution in [0.1, 0.15) is 5.56 Å². The maximum Gasteiger partial charge on any atom is 0.586 e. The number of nitrogens with zero attached hydrogens (tertiary/aromatic N) is 2. The quantitative estimate of drug-likeness (QED) is 0.755. The van der Waals surface area contributed by atoms with E-state index in [0.29, 0.717) is 15.8 Å². The van der Waals surface area contributed by atoms with Crippen molar-refractivity contribution < 1.29 is 23.0 Å². The van der Waals surface area contributed by atoms with Gasteiger partial charge in [-0.25, -0.2) is 9.78 Å². The molecule has 0 fully saturated rings. The number of fused-ring (bicyclic) bond motifs is 2. The summed E-state index contributed by atoms with van der Waals surface area (Å²) in [4.78, 5) is 28.8. The van der Waals surface area contributed by atoms with Crippen LogP contribution in [0.2, 0.25) is 0 Å². The van der Waals surface area contributed by atoms with Gasteiger partial charge in [0.05, 0.1) is 5.39 Å². The van der Waals surface area contributed by atoms with Crippen molar-refractivity contribution >= 4 is 27.8 Å². The normalized spacial score (nSPS) is 14.6. The topological polar surface area (TPSA) is 82.4 Å². The average molecular weight is 365 g/mol. The van der Waals surface area contributed by atoms with E-state index in [9.17, 15) is 18.4 Å². The van der Waals surface area contributed by atoms with E-state index >= 15 is 0 Å². The lowest BCUT2D eigenvalue weighted by Crippen LogP contribution is -2.32. The van der Waals surface area contributed by atoms with E-state index in [1.165, 1.54) is 24.4 Å². The number of ether oxygens (including phenoxy) is 2. The molecule has 1 amide bonds. The van der Waals surface area contributed by atoms with Gasteiger partial charge in [-0.2, -0.15) is 3.96 Å². The predicted octanol–water partition coefficient (Wildman–Crippen LogP) is 2.54. The van der Waals surface area contributed by atoms with Crippen LogP contribution < -0.4 is 20.3 Å². The predicted molar refractivity (Wildman–Crippen MR) is 84.2 cm³/mol. The number of rotatable bonds is 2. The van der Waals surface area contributed by atoms with Gasteiger partial charge < -0.3 is 14.8 Å². The highest BCUT2D eigenvalue weighted by atomic mass is 32.1. The Morgan fingerprint density at radius 1 is 1.28 bits per heavy atom. The van der Waals surface area contributed by atoms with Crippen molar-refractivity contribution in [2.24, 2.45) is 0 Å². The van der Waals surface area contributed by atoms with Crippen molar-refractivity contribution in [3.05, 3.63) is 52.4 Å². The molecule has 3 heterocycles. The molecule has 0 unspecified atom stereocenters. The molecular weight excluding hydrogens is 356 g/mol. The Kier molecular flexibility index (Phi) is 3.42. The lowest BCUT2D eigenvalue weighted by atomic mass is 10.2. The molecule has 0 saturated heterocycles. The van der Waals surface area contributed by atoms with Gasteiger partial charge in [0.15, 0.2) is 11.5 Å². The van der Waals surface area contributed by atoms with E-state index in [0.717, 1.165) is 15.5 Å². The number of halogens is 2. The van der Waals surface area contributed by atoms with Gasteiger partial charge in [0.25, 0.3) is 5.56 Å². The summed E-state index contributed by atoms with van der Waals surface area (Å²) in [7, 11) is 0. The highest BCUT2D eigenvalue weighted by Gasteiger charge is 2.43. The number of benzene rings is 1. The number of carbonyl (C=O) groups is 1. The van der Waals surface area contributed by atoms with E-state index in [1.54, 1.807) is 12.1 Å². The summed E-state index contributed by atoms with van der Waals surface area (Å²) >= 11 is 0.924. The van der Waals surface area contributed by atoms with E-state index in [4.69, 9.17) is 0 Å². The third kappa shape index (κ3) is 2.80. The highest BCUT2D eigenvalue weighted by molar-refractivity contribution is 7.14. The Labute approximate surface area is 142 Å². The molecule has 1 aliphatic rings. The molecule has 1 aromatic carbocycles. The lowest BCUT2D eigenvalue weighted by molar-refractivity contribution is -0.286. The van der Waals surface area contributed by atoms with E-state index in [2.05, 4.69) is 19.8 Å². The fourth-order valence-corrected chi connectivity index (χ4v) is 3.21. The fraction of sp³-hybridized carbons (Fsp3) is 0.133.